The van der Waals surface area contributed by atoms with E-state index >= 15 is 0 Å². The van der Waals surface area contributed by atoms with Crippen LogP contribution in [0.5, 0.6) is 0 Å². The summed E-state index contributed by atoms with van der Waals surface area (Å²) in [7, 11) is 0. The molecule has 0 aliphatic heterocycles. The van der Waals surface area contributed by atoms with Crippen LogP contribution in [-0.4, -0.2) is 15.7 Å². The van der Waals surface area contributed by atoms with Crippen LogP contribution >= 0.6 is 11.3 Å². The molecular formula is C16H13F2N3O3S. The van der Waals surface area contributed by atoms with E-state index < -0.39 is 29.3 Å². The van der Waals surface area contributed by atoms with Crippen LogP contribution in [0.15, 0.2) is 44.9 Å². The van der Waals surface area contributed by atoms with Gasteiger partial charge in [0, 0.05) is 0 Å². The molecule has 130 valence electrons. The summed E-state index contributed by atoms with van der Waals surface area (Å²) in [4.78, 5) is 24.5. The van der Waals surface area contributed by atoms with Crippen molar-refractivity contribution < 1.29 is 18.0 Å². The van der Waals surface area contributed by atoms with E-state index in [4.69, 9.17) is 4.42 Å². The molecule has 0 radical (unpaired) electrons. The molecule has 3 rings (SSSR count). The largest absolute Gasteiger partial charge is 0.437 e. The van der Waals surface area contributed by atoms with E-state index in [0.29, 0.717) is 10.4 Å². The number of carbonyl (C=O) groups is 1. The summed E-state index contributed by atoms with van der Waals surface area (Å²) in [6, 6.07) is 6.34. The van der Waals surface area contributed by atoms with Crippen molar-refractivity contribution in [3.8, 4) is 10.8 Å². The van der Waals surface area contributed by atoms with Gasteiger partial charge in [0.1, 0.15) is 6.54 Å². The standard InChI is InChI=1S/C16H13F2N3O3S/c1-9(10-4-5-11(17)12(18)7-10)19-14(22)8-21-16(23)24-15(20-21)13-3-2-6-25-13/h2-7,9H,8H2,1H3,(H,19,22). The fraction of sp³-hybridized carbons (Fsp3) is 0.188. The van der Waals surface area contributed by atoms with Crippen LogP contribution in [0.2, 0.25) is 0 Å². The Kier molecular flexibility index (Phi) is 4.75. The molecule has 0 saturated carbocycles. The van der Waals surface area contributed by atoms with Crippen molar-refractivity contribution in [1.82, 2.24) is 15.1 Å². The van der Waals surface area contributed by atoms with E-state index in [2.05, 4.69) is 10.4 Å². The summed E-state index contributed by atoms with van der Waals surface area (Å²) in [5.74, 6) is -3.07. The van der Waals surface area contributed by atoms with Gasteiger partial charge in [-0.15, -0.1) is 16.4 Å². The second kappa shape index (κ2) is 6.98. The van der Waals surface area contributed by atoms with Gasteiger partial charge in [-0.25, -0.2) is 13.6 Å². The quantitative estimate of drug-likeness (QED) is 0.754. The van der Waals surface area contributed by atoms with Crippen LogP contribution in [-0.2, 0) is 11.3 Å². The number of aromatic nitrogens is 2. The van der Waals surface area contributed by atoms with E-state index in [0.717, 1.165) is 16.8 Å². The van der Waals surface area contributed by atoms with Gasteiger partial charge in [0.15, 0.2) is 11.6 Å². The normalized spacial score (nSPS) is 12.1. The monoisotopic (exact) mass is 365 g/mol. The zero-order valence-electron chi connectivity index (χ0n) is 13.0. The zero-order valence-corrected chi connectivity index (χ0v) is 13.8. The van der Waals surface area contributed by atoms with Gasteiger partial charge in [-0.2, -0.15) is 4.68 Å². The van der Waals surface area contributed by atoms with Gasteiger partial charge in [0.25, 0.3) is 5.89 Å². The van der Waals surface area contributed by atoms with E-state index in [1.165, 1.54) is 17.4 Å². The Hall–Kier alpha value is -2.81. The molecule has 1 aromatic carbocycles. The van der Waals surface area contributed by atoms with Crippen LogP contribution in [0.3, 0.4) is 0 Å². The second-order valence-electron chi connectivity index (χ2n) is 5.27. The van der Waals surface area contributed by atoms with Crippen molar-refractivity contribution >= 4 is 17.2 Å². The first-order chi connectivity index (χ1) is 11.9. The Bertz CT molecular complexity index is 950. The maximum atomic E-state index is 13.3. The number of hydrogen-bond acceptors (Lipinski definition) is 5. The third kappa shape index (κ3) is 3.82. The van der Waals surface area contributed by atoms with Crippen molar-refractivity contribution in [1.29, 1.82) is 0 Å². The number of hydrogen-bond donors (Lipinski definition) is 1. The summed E-state index contributed by atoms with van der Waals surface area (Å²) in [5.41, 5.74) is 0.402. The molecule has 2 heterocycles. The Morgan fingerprint density at radius 3 is 2.84 bits per heavy atom. The average molecular weight is 365 g/mol. The Balaban J connectivity index is 1.68. The van der Waals surface area contributed by atoms with Crippen molar-refractivity contribution in [3.05, 3.63) is 63.5 Å². The van der Waals surface area contributed by atoms with Gasteiger partial charge in [0.2, 0.25) is 5.91 Å². The van der Waals surface area contributed by atoms with Gasteiger partial charge in [-0.1, -0.05) is 12.1 Å². The molecule has 0 saturated heterocycles. The number of nitrogens with zero attached hydrogens (tertiary/aromatic N) is 2. The van der Waals surface area contributed by atoms with Crippen LogP contribution in [0.4, 0.5) is 8.78 Å². The predicted molar refractivity (Wildman–Crippen MR) is 87.0 cm³/mol. The molecule has 0 spiro atoms. The minimum atomic E-state index is -0.994. The molecule has 1 N–H and O–H groups in total. The van der Waals surface area contributed by atoms with E-state index in [-0.39, 0.29) is 12.4 Å². The lowest BCUT2D eigenvalue weighted by Crippen LogP contribution is -2.33. The lowest BCUT2D eigenvalue weighted by atomic mass is 10.1. The molecular weight excluding hydrogens is 352 g/mol. The molecule has 9 heteroatoms. The summed E-state index contributed by atoms with van der Waals surface area (Å²) >= 11 is 1.35. The molecule has 0 aliphatic carbocycles. The number of benzene rings is 1. The van der Waals surface area contributed by atoms with Gasteiger partial charge >= 0.3 is 5.76 Å². The first-order valence-corrected chi connectivity index (χ1v) is 8.18. The first kappa shape index (κ1) is 17.0. The molecule has 25 heavy (non-hydrogen) atoms. The van der Waals surface area contributed by atoms with Crippen LogP contribution in [0.1, 0.15) is 18.5 Å². The highest BCUT2D eigenvalue weighted by atomic mass is 32.1. The van der Waals surface area contributed by atoms with Crippen LogP contribution in [0, 0.1) is 11.6 Å². The average Bonchev–Trinajstić information content (AvgIpc) is 3.20. The fourth-order valence-electron chi connectivity index (χ4n) is 2.19. The molecule has 1 unspecified atom stereocenters. The highest BCUT2D eigenvalue weighted by Gasteiger charge is 2.16. The molecule has 0 aliphatic rings. The summed E-state index contributed by atoms with van der Waals surface area (Å²) in [6.07, 6.45) is 0. The lowest BCUT2D eigenvalue weighted by Gasteiger charge is -2.14. The Morgan fingerprint density at radius 2 is 2.16 bits per heavy atom. The molecule has 0 bridgehead atoms. The molecule has 0 fully saturated rings. The molecule has 2 aromatic heterocycles. The minimum Gasteiger partial charge on any atom is -0.387 e. The predicted octanol–water partition coefficient (Wildman–Crippen LogP) is 2.72. The first-order valence-electron chi connectivity index (χ1n) is 7.30. The SMILES string of the molecule is CC(NC(=O)Cn1nc(-c2cccs2)oc1=O)c1ccc(F)c(F)c1. The van der Waals surface area contributed by atoms with E-state index in [1.807, 2.05) is 5.38 Å². The topological polar surface area (TPSA) is 77.1 Å². The maximum Gasteiger partial charge on any atom is 0.437 e. The van der Waals surface area contributed by atoms with Crippen molar-refractivity contribution in [3.63, 3.8) is 0 Å². The molecule has 1 amide bonds. The summed E-state index contributed by atoms with van der Waals surface area (Å²) < 4.78 is 32.1. The maximum absolute atomic E-state index is 13.3. The van der Waals surface area contributed by atoms with Gasteiger partial charge < -0.3 is 9.73 Å². The van der Waals surface area contributed by atoms with E-state index in [9.17, 15) is 18.4 Å². The van der Waals surface area contributed by atoms with Crippen LogP contribution in [0.25, 0.3) is 10.8 Å². The Morgan fingerprint density at radius 1 is 1.36 bits per heavy atom. The highest BCUT2D eigenvalue weighted by molar-refractivity contribution is 7.13. The highest BCUT2D eigenvalue weighted by Crippen LogP contribution is 2.21. The number of rotatable bonds is 5. The zero-order chi connectivity index (χ0) is 18.0. The van der Waals surface area contributed by atoms with Crippen molar-refractivity contribution in [2.45, 2.75) is 19.5 Å². The fourth-order valence-corrected chi connectivity index (χ4v) is 2.84. The minimum absolute atomic E-state index is 0.140. The number of amides is 1. The molecule has 1 atom stereocenters. The third-order valence-corrected chi connectivity index (χ3v) is 4.31. The number of carbonyl (C=O) groups excluding carboxylic acids is 1. The smallest absolute Gasteiger partial charge is 0.387 e. The summed E-state index contributed by atoms with van der Waals surface area (Å²) in [5, 5.41) is 8.38. The van der Waals surface area contributed by atoms with Gasteiger partial charge in [-0.3, -0.25) is 4.79 Å². The van der Waals surface area contributed by atoms with Gasteiger partial charge in [-0.05, 0) is 36.1 Å². The van der Waals surface area contributed by atoms with Crippen molar-refractivity contribution in [2.75, 3.05) is 0 Å². The Labute approximate surface area is 144 Å². The van der Waals surface area contributed by atoms with E-state index in [1.54, 1.807) is 19.1 Å². The molecule has 6 nitrogen and oxygen atoms in total. The molecule has 3 aromatic rings. The summed E-state index contributed by atoms with van der Waals surface area (Å²) in [6.45, 7) is 1.27. The van der Waals surface area contributed by atoms with Gasteiger partial charge in [0.05, 0.1) is 10.9 Å². The number of halogens is 2. The van der Waals surface area contributed by atoms with Crippen molar-refractivity contribution in [2.24, 2.45) is 0 Å². The number of nitrogens with one attached hydrogen (secondary N) is 1. The third-order valence-electron chi connectivity index (χ3n) is 3.45. The second-order valence-corrected chi connectivity index (χ2v) is 6.22. The van der Waals surface area contributed by atoms with Crippen LogP contribution < -0.4 is 11.1 Å². The lowest BCUT2D eigenvalue weighted by molar-refractivity contribution is -0.122. The number of thiophene rings is 1.